The molecule has 0 aliphatic carbocycles. The van der Waals surface area contributed by atoms with Gasteiger partial charge in [0.05, 0.1) is 0 Å². The number of rotatable bonds is 3. The number of aliphatic hydroxyl groups is 1. The Morgan fingerprint density at radius 1 is 1.33 bits per heavy atom. The molecule has 0 amide bonds. The van der Waals surface area contributed by atoms with Crippen molar-refractivity contribution in [1.29, 1.82) is 0 Å². The molecule has 0 bridgehead atoms. The van der Waals surface area contributed by atoms with Crippen molar-refractivity contribution in [3.8, 4) is 0 Å². The Balaban J connectivity index is 2.76. The third kappa shape index (κ3) is 3.84. The van der Waals surface area contributed by atoms with Crippen molar-refractivity contribution >= 4 is 11.6 Å². The van der Waals surface area contributed by atoms with Gasteiger partial charge in [-0.2, -0.15) is 0 Å². The van der Waals surface area contributed by atoms with Crippen LogP contribution in [0.15, 0.2) is 24.3 Å². The first-order valence-electron chi connectivity index (χ1n) is 5.29. The predicted molar refractivity (Wildman–Crippen MR) is 65.2 cm³/mol. The van der Waals surface area contributed by atoms with Gasteiger partial charge in [-0.3, -0.25) is 0 Å². The highest BCUT2D eigenvalue weighted by molar-refractivity contribution is 6.30. The van der Waals surface area contributed by atoms with Gasteiger partial charge in [0, 0.05) is 11.6 Å². The molecule has 1 aromatic carbocycles. The summed E-state index contributed by atoms with van der Waals surface area (Å²) in [6, 6.07) is 7.85. The van der Waals surface area contributed by atoms with Crippen LogP contribution in [0.3, 0.4) is 0 Å². The van der Waals surface area contributed by atoms with Crippen LogP contribution >= 0.6 is 11.6 Å². The van der Waals surface area contributed by atoms with E-state index in [1.807, 2.05) is 18.2 Å². The van der Waals surface area contributed by atoms with Gasteiger partial charge in [0.25, 0.3) is 0 Å². The number of halogens is 1. The zero-order chi connectivity index (χ0) is 11.5. The Hall–Kier alpha value is -0.530. The lowest BCUT2D eigenvalue weighted by atomic mass is 9.78. The molecule has 0 saturated carbocycles. The number of hydrogen-bond acceptors (Lipinski definition) is 1. The van der Waals surface area contributed by atoms with Gasteiger partial charge in [0.1, 0.15) is 0 Å². The summed E-state index contributed by atoms with van der Waals surface area (Å²) < 4.78 is 0. The zero-order valence-corrected chi connectivity index (χ0v) is 10.4. The van der Waals surface area contributed by atoms with E-state index in [1.54, 1.807) is 0 Å². The Morgan fingerprint density at radius 3 is 2.47 bits per heavy atom. The second-order valence-corrected chi connectivity index (χ2v) is 5.52. The van der Waals surface area contributed by atoms with Crippen molar-refractivity contribution in [3.05, 3.63) is 34.9 Å². The second kappa shape index (κ2) is 5.00. The summed E-state index contributed by atoms with van der Waals surface area (Å²) in [4.78, 5) is 0. The molecule has 1 atom stereocenters. The summed E-state index contributed by atoms with van der Waals surface area (Å²) in [7, 11) is 0. The quantitative estimate of drug-likeness (QED) is 0.836. The Morgan fingerprint density at radius 2 is 2.00 bits per heavy atom. The summed E-state index contributed by atoms with van der Waals surface area (Å²) in [5, 5.41) is 10.1. The van der Waals surface area contributed by atoms with Crippen molar-refractivity contribution in [2.45, 2.75) is 27.2 Å². The smallest absolute Gasteiger partial charge is 0.0467 e. The first-order chi connectivity index (χ1) is 6.93. The normalized spacial score (nSPS) is 13.9. The minimum atomic E-state index is 0.122. The Labute approximate surface area is 97.1 Å². The highest BCUT2D eigenvalue weighted by atomic mass is 35.5. The summed E-state index contributed by atoms with van der Waals surface area (Å²) in [5.41, 5.74) is 1.31. The van der Waals surface area contributed by atoms with Crippen molar-refractivity contribution < 1.29 is 5.11 Å². The van der Waals surface area contributed by atoms with Crippen molar-refractivity contribution in [3.63, 3.8) is 0 Å². The van der Waals surface area contributed by atoms with Crippen LogP contribution in [-0.4, -0.2) is 11.7 Å². The standard InChI is InChI=1S/C13H19ClO/c1-13(2,3)11(9-15)7-10-5-4-6-12(14)8-10/h4-6,8,11,15H,7,9H2,1-3H3. The highest BCUT2D eigenvalue weighted by Crippen LogP contribution is 2.29. The maximum Gasteiger partial charge on any atom is 0.0467 e. The van der Waals surface area contributed by atoms with Gasteiger partial charge in [-0.25, -0.2) is 0 Å². The number of hydrogen-bond donors (Lipinski definition) is 1. The molecular weight excluding hydrogens is 208 g/mol. The molecular formula is C13H19ClO. The van der Waals surface area contributed by atoms with E-state index in [-0.39, 0.29) is 17.9 Å². The summed E-state index contributed by atoms with van der Waals surface area (Å²) in [6.45, 7) is 6.67. The van der Waals surface area contributed by atoms with Crippen LogP contribution < -0.4 is 0 Å². The van der Waals surface area contributed by atoms with E-state index < -0.39 is 0 Å². The lowest BCUT2D eigenvalue weighted by Crippen LogP contribution is -2.25. The van der Waals surface area contributed by atoms with Gasteiger partial charge in [-0.1, -0.05) is 44.5 Å². The molecule has 0 radical (unpaired) electrons. The first kappa shape index (κ1) is 12.5. The van der Waals surface area contributed by atoms with Crippen LogP contribution in [0.25, 0.3) is 0 Å². The van der Waals surface area contributed by atoms with E-state index in [4.69, 9.17) is 11.6 Å². The minimum absolute atomic E-state index is 0.122. The average molecular weight is 227 g/mol. The van der Waals surface area contributed by atoms with Crippen molar-refractivity contribution in [2.24, 2.45) is 11.3 Å². The van der Waals surface area contributed by atoms with Gasteiger partial charge in [-0.15, -0.1) is 0 Å². The van der Waals surface area contributed by atoms with Gasteiger partial charge in [0.15, 0.2) is 0 Å². The van der Waals surface area contributed by atoms with E-state index in [9.17, 15) is 5.11 Å². The monoisotopic (exact) mass is 226 g/mol. The molecule has 2 heteroatoms. The van der Waals surface area contributed by atoms with E-state index in [1.165, 1.54) is 5.56 Å². The molecule has 0 aliphatic rings. The highest BCUT2D eigenvalue weighted by Gasteiger charge is 2.23. The first-order valence-corrected chi connectivity index (χ1v) is 5.66. The molecule has 84 valence electrons. The van der Waals surface area contributed by atoms with Crippen LogP contribution in [0.2, 0.25) is 5.02 Å². The number of benzene rings is 1. The molecule has 0 aromatic heterocycles. The van der Waals surface area contributed by atoms with E-state index in [2.05, 4.69) is 26.8 Å². The van der Waals surface area contributed by atoms with Gasteiger partial charge < -0.3 is 5.11 Å². The summed E-state index contributed by atoms with van der Waals surface area (Å²) in [5.74, 6) is 0.274. The molecule has 0 saturated heterocycles. The summed E-state index contributed by atoms with van der Waals surface area (Å²) in [6.07, 6.45) is 0.876. The predicted octanol–water partition coefficient (Wildman–Crippen LogP) is 3.54. The summed E-state index contributed by atoms with van der Waals surface area (Å²) >= 11 is 5.92. The molecule has 0 aliphatic heterocycles. The molecule has 1 rings (SSSR count). The third-order valence-corrected chi connectivity index (χ3v) is 3.05. The van der Waals surface area contributed by atoms with Gasteiger partial charge >= 0.3 is 0 Å². The fourth-order valence-electron chi connectivity index (χ4n) is 1.59. The van der Waals surface area contributed by atoms with Crippen molar-refractivity contribution in [2.75, 3.05) is 6.61 Å². The fourth-order valence-corrected chi connectivity index (χ4v) is 1.81. The van der Waals surface area contributed by atoms with Gasteiger partial charge in [-0.05, 0) is 35.4 Å². The molecule has 1 nitrogen and oxygen atoms in total. The molecule has 15 heavy (non-hydrogen) atoms. The largest absolute Gasteiger partial charge is 0.396 e. The molecule has 1 N–H and O–H groups in total. The lowest BCUT2D eigenvalue weighted by molar-refractivity contribution is 0.131. The Bertz CT molecular complexity index is 315. The molecule has 0 fully saturated rings. The van der Waals surface area contributed by atoms with Crippen LogP contribution in [0.1, 0.15) is 26.3 Å². The maximum absolute atomic E-state index is 9.36. The van der Waals surface area contributed by atoms with E-state index in [0.717, 1.165) is 11.4 Å². The zero-order valence-electron chi connectivity index (χ0n) is 9.63. The SMILES string of the molecule is CC(C)(C)C(CO)Cc1cccc(Cl)c1. The molecule has 0 heterocycles. The number of aliphatic hydroxyl groups excluding tert-OH is 1. The van der Waals surface area contributed by atoms with E-state index in [0.29, 0.717) is 0 Å². The fraction of sp³-hybridized carbons (Fsp3) is 0.538. The van der Waals surface area contributed by atoms with Crippen molar-refractivity contribution in [1.82, 2.24) is 0 Å². The van der Waals surface area contributed by atoms with Crippen LogP contribution in [-0.2, 0) is 6.42 Å². The van der Waals surface area contributed by atoms with Gasteiger partial charge in [0.2, 0.25) is 0 Å². The second-order valence-electron chi connectivity index (χ2n) is 5.08. The lowest BCUT2D eigenvalue weighted by Gasteiger charge is -2.29. The van der Waals surface area contributed by atoms with Crippen LogP contribution in [0, 0.1) is 11.3 Å². The van der Waals surface area contributed by atoms with Crippen LogP contribution in [0.5, 0.6) is 0 Å². The molecule has 1 unspecified atom stereocenters. The molecule has 0 spiro atoms. The third-order valence-electron chi connectivity index (χ3n) is 2.82. The van der Waals surface area contributed by atoms with Crippen LogP contribution in [0.4, 0.5) is 0 Å². The molecule has 1 aromatic rings. The maximum atomic E-state index is 9.36. The minimum Gasteiger partial charge on any atom is -0.396 e. The average Bonchev–Trinajstić information content (AvgIpc) is 2.12. The Kier molecular flexibility index (Phi) is 4.18. The topological polar surface area (TPSA) is 20.2 Å². The van der Waals surface area contributed by atoms with E-state index >= 15 is 0 Å².